The Labute approximate surface area is 102 Å². The zero-order valence-corrected chi connectivity index (χ0v) is 10.5. The number of nitrogens with one attached hydrogen (secondary N) is 1. The third-order valence-electron chi connectivity index (χ3n) is 2.25. The van der Waals surface area contributed by atoms with Gasteiger partial charge < -0.3 is 15.2 Å². The Bertz CT molecular complexity index is 370. The minimum atomic E-state index is -0.245. The van der Waals surface area contributed by atoms with Crippen LogP contribution >= 0.6 is 0 Å². The lowest BCUT2D eigenvalue weighted by Crippen LogP contribution is -2.38. The molecule has 0 aliphatic heterocycles. The van der Waals surface area contributed by atoms with Gasteiger partial charge in [-0.25, -0.2) is 0 Å². The Morgan fingerprint density at radius 3 is 2.47 bits per heavy atom. The van der Waals surface area contributed by atoms with E-state index < -0.39 is 0 Å². The number of benzene rings is 1. The summed E-state index contributed by atoms with van der Waals surface area (Å²) in [5.41, 5.74) is 2.20. The van der Waals surface area contributed by atoms with Gasteiger partial charge in [0.15, 0.2) is 6.61 Å². The molecule has 1 aromatic rings. The van der Waals surface area contributed by atoms with Crippen molar-refractivity contribution in [1.29, 1.82) is 0 Å². The van der Waals surface area contributed by atoms with Crippen LogP contribution in [0.2, 0.25) is 0 Å². The summed E-state index contributed by atoms with van der Waals surface area (Å²) < 4.78 is 5.38. The van der Waals surface area contributed by atoms with Crippen molar-refractivity contribution in [3.63, 3.8) is 0 Å². The molecule has 1 atom stereocenters. The Morgan fingerprint density at radius 1 is 1.35 bits per heavy atom. The van der Waals surface area contributed by atoms with E-state index in [0.29, 0.717) is 5.75 Å². The highest BCUT2D eigenvalue weighted by atomic mass is 16.5. The summed E-state index contributed by atoms with van der Waals surface area (Å²) in [6, 6.07) is 5.57. The van der Waals surface area contributed by atoms with E-state index in [0.717, 1.165) is 11.1 Å². The first-order valence-corrected chi connectivity index (χ1v) is 5.62. The lowest BCUT2D eigenvalue weighted by molar-refractivity contribution is -0.124. The van der Waals surface area contributed by atoms with E-state index in [1.165, 1.54) is 0 Å². The molecule has 17 heavy (non-hydrogen) atoms. The van der Waals surface area contributed by atoms with Gasteiger partial charge in [0.05, 0.1) is 6.61 Å². The van der Waals surface area contributed by atoms with Crippen LogP contribution in [0.15, 0.2) is 18.2 Å². The van der Waals surface area contributed by atoms with Gasteiger partial charge in [-0.3, -0.25) is 4.79 Å². The Kier molecular flexibility index (Phi) is 4.97. The molecule has 0 unspecified atom stereocenters. The lowest BCUT2D eigenvalue weighted by atomic mass is 10.1. The smallest absolute Gasteiger partial charge is 0.258 e. The number of amides is 1. The second-order valence-corrected chi connectivity index (χ2v) is 4.26. The summed E-state index contributed by atoms with van der Waals surface area (Å²) in [6.07, 6.45) is 0. The molecule has 94 valence electrons. The standard InChI is InChI=1S/C13H19NO3/c1-9-4-10(2)6-12(5-9)17-8-13(16)14-11(3)7-15/h4-6,11,15H,7-8H2,1-3H3,(H,14,16)/t11-/m0/s1. The van der Waals surface area contributed by atoms with Crippen molar-refractivity contribution >= 4 is 5.91 Å². The maximum Gasteiger partial charge on any atom is 0.258 e. The number of hydrogen-bond acceptors (Lipinski definition) is 3. The van der Waals surface area contributed by atoms with Crippen LogP contribution in [0, 0.1) is 13.8 Å². The zero-order chi connectivity index (χ0) is 12.8. The number of carbonyl (C=O) groups excluding carboxylic acids is 1. The van der Waals surface area contributed by atoms with Crippen LogP contribution < -0.4 is 10.1 Å². The molecule has 2 N–H and O–H groups in total. The summed E-state index contributed by atoms with van der Waals surface area (Å²) in [4.78, 5) is 11.4. The fourth-order valence-electron chi connectivity index (χ4n) is 1.53. The molecule has 0 saturated heterocycles. The SMILES string of the molecule is Cc1cc(C)cc(OCC(=O)N[C@@H](C)CO)c1. The fourth-order valence-corrected chi connectivity index (χ4v) is 1.53. The van der Waals surface area contributed by atoms with Crippen molar-refractivity contribution in [3.8, 4) is 5.75 Å². The topological polar surface area (TPSA) is 58.6 Å². The summed E-state index contributed by atoms with van der Waals surface area (Å²) in [5.74, 6) is 0.458. The molecule has 0 aliphatic carbocycles. The molecule has 0 saturated carbocycles. The zero-order valence-electron chi connectivity index (χ0n) is 10.5. The summed E-state index contributed by atoms with van der Waals surface area (Å²) in [5, 5.41) is 11.4. The number of aliphatic hydroxyl groups is 1. The molecule has 0 heterocycles. The molecule has 0 spiro atoms. The molecule has 4 heteroatoms. The van der Waals surface area contributed by atoms with E-state index in [9.17, 15) is 4.79 Å². The number of ether oxygens (including phenoxy) is 1. The highest BCUT2D eigenvalue weighted by molar-refractivity contribution is 5.77. The average molecular weight is 237 g/mol. The minimum absolute atomic E-state index is 0.0345. The van der Waals surface area contributed by atoms with E-state index in [4.69, 9.17) is 9.84 Å². The van der Waals surface area contributed by atoms with Gasteiger partial charge in [-0.05, 0) is 44.0 Å². The number of rotatable bonds is 5. The van der Waals surface area contributed by atoms with Gasteiger partial charge in [-0.15, -0.1) is 0 Å². The van der Waals surface area contributed by atoms with Gasteiger partial charge in [0, 0.05) is 6.04 Å². The Hall–Kier alpha value is -1.55. The molecule has 1 rings (SSSR count). The molecular formula is C13H19NO3. The normalized spacial score (nSPS) is 12.0. The van der Waals surface area contributed by atoms with E-state index in [-0.39, 0.29) is 25.2 Å². The maximum absolute atomic E-state index is 11.4. The summed E-state index contributed by atoms with van der Waals surface area (Å²) in [6.45, 7) is 5.58. The quantitative estimate of drug-likeness (QED) is 0.808. The summed E-state index contributed by atoms with van der Waals surface area (Å²) >= 11 is 0. The molecule has 0 aromatic heterocycles. The van der Waals surface area contributed by atoms with Crippen LogP contribution in [0.5, 0.6) is 5.75 Å². The largest absolute Gasteiger partial charge is 0.484 e. The number of aliphatic hydroxyl groups excluding tert-OH is 1. The monoisotopic (exact) mass is 237 g/mol. The first-order chi connectivity index (χ1) is 8.01. The van der Waals surface area contributed by atoms with E-state index in [1.807, 2.05) is 32.0 Å². The molecule has 0 bridgehead atoms. The highest BCUT2D eigenvalue weighted by Gasteiger charge is 2.07. The van der Waals surface area contributed by atoms with Crippen molar-refractivity contribution in [3.05, 3.63) is 29.3 Å². The first kappa shape index (κ1) is 13.5. The number of hydrogen-bond donors (Lipinski definition) is 2. The molecule has 0 fully saturated rings. The van der Waals surface area contributed by atoms with E-state index in [1.54, 1.807) is 6.92 Å². The average Bonchev–Trinajstić information content (AvgIpc) is 2.25. The van der Waals surface area contributed by atoms with Crippen LogP contribution in [-0.2, 0) is 4.79 Å². The van der Waals surface area contributed by atoms with Gasteiger partial charge in [0.1, 0.15) is 5.75 Å². The maximum atomic E-state index is 11.4. The van der Waals surface area contributed by atoms with Gasteiger partial charge >= 0.3 is 0 Å². The molecule has 1 aromatic carbocycles. The minimum Gasteiger partial charge on any atom is -0.484 e. The van der Waals surface area contributed by atoms with Crippen molar-refractivity contribution in [2.24, 2.45) is 0 Å². The number of carbonyl (C=O) groups is 1. The molecular weight excluding hydrogens is 218 g/mol. The van der Waals surface area contributed by atoms with Crippen LogP contribution in [0.1, 0.15) is 18.1 Å². The predicted octanol–water partition coefficient (Wildman–Crippen LogP) is 1.18. The van der Waals surface area contributed by atoms with E-state index in [2.05, 4.69) is 5.32 Å². The van der Waals surface area contributed by atoms with Gasteiger partial charge in [-0.2, -0.15) is 0 Å². The molecule has 0 aliphatic rings. The van der Waals surface area contributed by atoms with Gasteiger partial charge in [0.2, 0.25) is 0 Å². The van der Waals surface area contributed by atoms with Crippen molar-refractivity contribution in [2.75, 3.05) is 13.2 Å². The van der Waals surface area contributed by atoms with E-state index >= 15 is 0 Å². The van der Waals surface area contributed by atoms with Crippen molar-refractivity contribution in [1.82, 2.24) is 5.32 Å². The second-order valence-electron chi connectivity index (χ2n) is 4.26. The molecule has 0 radical (unpaired) electrons. The van der Waals surface area contributed by atoms with Crippen molar-refractivity contribution < 1.29 is 14.6 Å². The third-order valence-corrected chi connectivity index (χ3v) is 2.25. The van der Waals surface area contributed by atoms with Crippen LogP contribution in [0.4, 0.5) is 0 Å². The van der Waals surface area contributed by atoms with Gasteiger partial charge in [0.25, 0.3) is 5.91 Å². The van der Waals surface area contributed by atoms with Crippen LogP contribution in [-0.4, -0.2) is 30.3 Å². The second kappa shape index (κ2) is 6.25. The third kappa shape index (κ3) is 4.87. The summed E-state index contributed by atoms with van der Waals surface area (Å²) in [7, 11) is 0. The predicted molar refractivity (Wildman–Crippen MR) is 66.1 cm³/mol. The fraction of sp³-hybridized carbons (Fsp3) is 0.462. The van der Waals surface area contributed by atoms with Gasteiger partial charge in [-0.1, -0.05) is 6.07 Å². The van der Waals surface area contributed by atoms with Crippen LogP contribution in [0.3, 0.4) is 0 Å². The molecule has 1 amide bonds. The number of aryl methyl sites for hydroxylation is 2. The highest BCUT2D eigenvalue weighted by Crippen LogP contribution is 2.15. The molecule has 4 nitrogen and oxygen atoms in total. The van der Waals surface area contributed by atoms with Crippen molar-refractivity contribution in [2.45, 2.75) is 26.8 Å². The van der Waals surface area contributed by atoms with Crippen LogP contribution in [0.25, 0.3) is 0 Å². The Balaban J connectivity index is 2.47. The Morgan fingerprint density at radius 2 is 1.94 bits per heavy atom. The first-order valence-electron chi connectivity index (χ1n) is 5.62. The lowest BCUT2D eigenvalue weighted by Gasteiger charge is -2.12.